The van der Waals surface area contributed by atoms with E-state index in [1.165, 1.54) is 21.3 Å². The fourth-order valence-corrected chi connectivity index (χ4v) is 4.26. The van der Waals surface area contributed by atoms with E-state index < -0.39 is 10.0 Å². The second-order valence-corrected chi connectivity index (χ2v) is 8.94. The third-order valence-electron chi connectivity index (χ3n) is 3.78. The van der Waals surface area contributed by atoms with Gasteiger partial charge in [-0.15, -0.1) is 0 Å². The summed E-state index contributed by atoms with van der Waals surface area (Å²) in [6.45, 7) is 1.13. The van der Waals surface area contributed by atoms with Crippen molar-refractivity contribution in [3.05, 3.63) is 34.3 Å². The summed E-state index contributed by atoms with van der Waals surface area (Å²) in [7, 11) is -0.373. The smallest absolute Gasteiger partial charge is 0.319 e. The minimum absolute atomic E-state index is 0.0850. The molecule has 1 fully saturated rings. The van der Waals surface area contributed by atoms with Gasteiger partial charge in [-0.3, -0.25) is 0 Å². The van der Waals surface area contributed by atoms with Crippen LogP contribution < -0.4 is 0 Å². The van der Waals surface area contributed by atoms with Crippen molar-refractivity contribution in [2.24, 2.45) is 0 Å². The lowest BCUT2D eigenvalue weighted by atomic mass is 10.2. The number of hydrogen-bond donors (Lipinski definition) is 0. The van der Waals surface area contributed by atoms with E-state index in [0.717, 1.165) is 0 Å². The van der Waals surface area contributed by atoms with Crippen molar-refractivity contribution in [3.63, 3.8) is 0 Å². The minimum Gasteiger partial charge on any atom is -0.331 e. The summed E-state index contributed by atoms with van der Waals surface area (Å²) in [5, 5.41) is 0.0850. The van der Waals surface area contributed by atoms with E-state index in [4.69, 9.17) is 34.8 Å². The Kier molecular flexibility index (Phi) is 6.62. The van der Waals surface area contributed by atoms with Crippen molar-refractivity contribution in [2.75, 3.05) is 40.3 Å². The molecule has 1 saturated heterocycles. The van der Waals surface area contributed by atoms with Crippen molar-refractivity contribution >= 4 is 55.9 Å². The van der Waals surface area contributed by atoms with E-state index in [1.54, 1.807) is 31.1 Å². The maximum atomic E-state index is 12.8. The predicted octanol–water partition coefficient (Wildman–Crippen LogP) is 3.02. The Balaban J connectivity index is 2.20. The number of nitrogens with zero attached hydrogens (tertiary/aromatic N) is 3. The number of rotatable bonds is 3. The third-order valence-corrected chi connectivity index (χ3v) is 6.66. The third kappa shape index (κ3) is 4.60. The van der Waals surface area contributed by atoms with Crippen LogP contribution in [0, 0.1) is 0 Å². The van der Waals surface area contributed by atoms with E-state index in [2.05, 4.69) is 0 Å². The summed E-state index contributed by atoms with van der Waals surface area (Å²) >= 11 is 17.3. The molecule has 1 aliphatic rings. The summed E-state index contributed by atoms with van der Waals surface area (Å²) in [6, 6.07) is 5.99. The van der Waals surface area contributed by atoms with Crippen LogP contribution in [0.3, 0.4) is 0 Å². The standard InChI is InChI=1S/C15H18Cl3N3O3S/c1-19(2)15(22)20-6-8-21(9-7-20)25(23,24)12-5-3-4-11(10-12)13(16)14(17)18/h3-5,10H,6-9H2,1-2H3. The summed E-state index contributed by atoms with van der Waals surface area (Å²) in [5.74, 6) is 0. The lowest BCUT2D eigenvalue weighted by molar-refractivity contribution is 0.149. The maximum Gasteiger partial charge on any atom is 0.319 e. The van der Waals surface area contributed by atoms with Gasteiger partial charge in [-0.2, -0.15) is 4.31 Å². The minimum atomic E-state index is -3.70. The average molecular weight is 427 g/mol. The lowest BCUT2D eigenvalue weighted by Crippen LogP contribution is -2.52. The van der Waals surface area contributed by atoms with Crippen molar-refractivity contribution < 1.29 is 13.2 Å². The lowest BCUT2D eigenvalue weighted by Gasteiger charge is -2.35. The number of amides is 2. The van der Waals surface area contributed by atoms with Crippen LogP contribution in [-0.2, 0) is 10.0 Å². The number of urea groups is 1. The molecule has 0 saturated carbocycles. The van der Waals surface area contributed by atoms with Gasteiger partial charge in [-0.05, 0) is 17.7 Å². The van der Waals surface area contributed by atoms with Gasteiger partial charge in [-0.25, -0.2) is 13.2 Å². The second kappa shape index (κ2) is 8.14. The van der Waals surface area contributed by atoms with Gasteiger partial charge in [0.15, 0.2) is 0 Å². The highest BCUT2D eigenvalue weighted by Gasteiger charge is 2.30. The monoisotopic (exact) mass is 425 g/mol. The Labute approximate surface area is 162 Å². The summed E-state index contributed by atoms with van der Waals surface area (Å²) in [6.07, 6.45) is 0. The van der Waals surface area contributed by atoms with Crippen LogP contribution >= 0.6 is 34.8 Å². The van der Waals surface area contributed by atoms with Gasteiger partial charge in [0.2, 0.25) is 10.0 Å². The topological polar surface area (TPSA) is 60.9 Å². The van der Waals surface area contributed by atoms with E-state index in [9.17, 15) is 13.2 Å². The van der Waals surface area contributed by atoms with Crippen molar-refractivity contribution in [2.45, 2.75) is 4.90 Å². The number of sulfonamides is 1. The van der Waals surface area contributed by atoms with E-state index in [1.807, 2.05) is 0 Å². The first-order valence-electron chi connectivity index (χ1n) is 7.42. The van der Waals surface area contributed by atoms with Crippen LogP contribution in [0.25, 0.3) is 5.03 Å². The number of hydrogen-bond acceptors (Lipinski definition) is 3. The predicted molar refractivity (Wildman–Crippen MR) is 100 cm³/mol. The molecule has 0 spiro atoms. The molecule has 0 N–H and O–H groups in total. The Bertz CT molecular complexity index is 784. The molecule has 25 heavy (non-hydrogen) atoms. The number of carbonyl (C=O) groups excluding carboxylic acids is 1. The molecule has 0 aromatic heterocycles. The molecule has 0 atom stereocenters. The molecule has 1 aliphatic heterocycles. The van der Waals surface area contributed by atoms with Gasteiger partial charge in [0, 0.05) is 40.3 Å². The van der Waals surface area contributed by atoms with Crippen molar-refractivity contribution in [1.82, 2.24) is 14.1 Å². The maximum absolute atomic E-state index is 12.8. The summed E-state index contributed by atoms with van der Waals surface area (Å²) < 4.78 is 26.9. The van der Waals surface area contributed by atoms with E-state index >= 15 is 0 Å². The van der Waals surface area contributed by atoms with Gasteiger partial charge in [0.25, 0.3) is 0 Å². The van der Waals surface area contributed by atoms with Crippen molar-refractivity contribution in [1.29, 1.82) is 0 Å². The first-order valence-corrected chi connectivity index (χ1v) is 9.99. The largest absolute Gasteiger partial charge is 0.331 e. The first-order chi connectivity index (χ1) is 11.6. The van der Waals surface area contributed by atoms with E-state index in [0.29, 0.717) is 18.7 Å². The number of benzene rings is 1. The molecule has 2 rings (SSSR count). The number of piperazine rings is 1. The van der Waals surface area contributed by atoms with Gasteiger partial charge in [0.1, 0.15) is 4.49 Å². The fourth-order valence-electron chi connectivity index (χ4n) is 2.45. The highest BCUT2D eigenvalue weighted by molar-refractivity contribution is 7.89. The van der Waals surface area contributed by atoms with Crippen LogP contribution in [0.2, 0.25) is 0 Å². The quantitative estimate of drug-likeness (QED) is 0.746. The molecule has 1 aromatic carbocycles. The molecule has 10 heteroatoms. The number of halogens is 3. The molecule has 6 nitrogen and oxygen atoms in total. The fraction of sp³-hybridized carbons (Fsp3) is 0.400. The van der Waals surface area contributed by atoms with E-state index in [-0.39, 0.29) is 33.5 Å². The molecule has 0 aliphatic carbocycles. The molecular formula is C15H18Cl3N3O3S. The molecule has 0 unspecified atom stereocenters. The summed E-state index contributed by atoms with van der Waals surface area (Å²) in [5.41, 5.74) is 0.421. The van der Waals surface area contributed by atoms with Crippen LogP contribution in [0.4, 0.5) is 4.79 Å². The SMILES string of the molecule is CN(C)C(=O)N1CCN(S(=O)(=O)c2cccc(C(Cl)=C(Cl)Cl)c2)CC1. The molecule has 1 heterocycles. The van der Waals surface area contributed by atoms with Crippen LogP contribution in [0.15, 0.2) is 33.7 Å². The number of carbonyl (C=O) groups is 1. The van der Waals surface area contributed by atoms with Crippen molar-refractivity contribution in [3.8, 4) is 0 Å². The molecule has 2 amide bonds. The van der Waals surface area contributed by atoms with Crippen LogP contribution in [-0.4, -0.2) is 68.8 Å². The highest BCUT2D eigenvalue weighted by atomic mass is 35.5. The summed E-state index contributed by atoms with van der Waals surface area (Å²) in [4.78, 5) is 15.1. The zero-order chi connectivity index (χ0) is 18.8. The molecule has 1 aromatic rings. The highest BCUT2D eigenvalue weighted by Crippen LogP contribution is 2.30. The van der Waals surface area contributed by atoms with Crippen LogP contribution in [0.1, 0.15) is 5.56 Å². The Morgan fingerprint density at radius 1 is 1.08 bits per heavy atom. The zero-order valence-corrected chi connectivity index (χ0v) is 16.8. The van der Waals surface area contributed by atoms with Gasteiger partial charge in [0.05, 0.1) is 9.93 Å². The molecular weight excluding hydrogens is 409 g/mol. The first kappa shape index (κ1) is 20.3. The van der Waals surface area contributed by atoms with Crippen LogP contribution in [0.5, 0.6) is 0 Å². The Hall–Kier alpha value is -0.990. The van der Waals surface area contributed by atoms with Gasteiger partial charge in [-0.1, -0.05) is 46.9 Å². The zero-order valence-electron chi connectivity index (χ0n) is 13.7. The van der Waals surface area contributed by atoms with Gasteiger partial charge >= 0.3 is 6.03 Å². The van der Waals surface area contributed by atoms with Gasteiger partial charge < -0.3 is 9.80 Å². The molecule has 138 valence electrons. The molecule has 0 radical (unpaired) electrons. The average Bonchev–Trinajstić information content (AvgIpc) is 2.60. The Morgan fingerprint density at radius 2 is 1.68 bits per heavy atom. The second-order valence-electron chi connectivity index (χ2n) is 5.67. The Morgan fingerprint density at radius 3 is 2.20 bits per heavy atom. The normalized spacial score (nSPS) is 15.8. The molecule has 0 bridgehead atoms.